The molecule has 4 aliphatic carbocycles. The molecule has 8 atom stereocenters. The summed E-state index contributed by atoms with van der Waals surface area (Å²) in [5.74, 6) is -0.584. The Bertz CT molecular complexity index is 2370. The van der Waals surface area contributed by atoms with Crippen LogP contribution in [0.15, 0.2) is 66.5 Å². The second kappa shape index (κ2) is 19.0. The summed E-state index contributed by atoms with van der Waals surface area (Å²) in [6, 6.07) is 10.9. The predicted octanol–water partition coefficient (Wildman–Crippen LogP) is 7.25. The molecule has 15 nitrogen and oxygen atoms in total. The summed E-state index contributed by atoms with van der Waals surface area (Å²) in [7, 11) is 4.50. The fourth-order valence-electron chi connectivity index (χ4n) is 11.4. The minimum atomic E-state index is -1.98. The lowest BCUT2D eigenvalue weighted by atomic mass is 9.44. The number of Topliss-reactive ketones (excluding diaryl/α,β-unsaturated/α-hetero) is 1. The first-order valence-electron chi connectivity index (χ1n) is 22.3. The van der Waals surface area contributed by atoms with Gasteiger partial charge < -0.3 is 45.2 Å². The van der Waals surface area contributed by atoms with E-state index in [4.69, 9.17) is 32.7 Å². The van der Waals surface area contributed by atoms with Crippen molar-refractivity contribution in [3.63, 3.8) is 0 Å². The molecule has 2 amide bonds. The van der Waals surface area contributed by atoms with Gasteiger partial charge in [0.15, 0.2) is 17.2 Å². The number of aliphatic hydroxyl groups is 3. The Hall–Kier alpha value is -4.84. The Morgan fingerprint density at radius 3 is 2.27 bits per heavy atom. The third kappa shape index (κ3) is 8.31. The van der Waals surface area contributed by atoms with Gasteiger partial charge >= 0.3 is 6.03 Å². The zero-order valence-electron chi connectivity index (χ0n) is 38.4. The maximum atomic E-state index is 16.9. The summed E-state index contributed by atoms with van der Waals surface area (Å²) in [5.41, 5.74) is -2.93. The fraction of sp³-hybridized carbons (Fsp3) is 0.521. The molecule has 356 valence electrons. The molecule has 3 aromatic rings. The highest BCUT2D eigenvalue weighted by Crippen LogP contribution is 2.70. The molecule has 8 rings (SSSR count). The number of likely N-dealkylation sites (N-methyl/N-ethyl adjacent to an activating group) is 1. The number of benzene rings is 2. The van der Waals surface area contributed by atoms with Gasteiger partial charge in [-0.15, -0.1) is 0 Å². The van der Waals surface area contributed by atoms with E-state index < -0.39 is 58.5 Å². The summed E-state index contributed by atoms with van der Waals surface area (Å²) in [5, 5.41) is 38.3. The third-order valence-electron chi connectivity index (χ3n) is 15.2. The molecule has 0 bridgehead atoms. The van der Waals surface area contributed by atoms with E-state index in [2.05, 4.69) is 49.5 Å². The summed E-state index contributed by atoms with van der Waals surface area (Å²) >= 11 is 12.8. The van der Waals surface area contributed by atoms with Gasteiger partial charge in [0.2, 0.25) is 0 Å². The van der Waals surface area contributed by atoms with Crippen molar-refractivity contribution in [2.45, 2.75) is 70.8 Å². The number of anilines is 5. The van der Waals surface area contributed by atoms with Crippen molar-refractivity contribution >= 4 is 69.5 Å². The maximum absolute atomic E-state index is 16.9. The summed E-state index contributed by atoms with van der Waals surface area (Å²) in [6.45, 7) is 11.9. The number of allylic oxidation sites excluding steroid dienone is 4. The lowest BCUT2D eigenvalue weighted by molar-refractivity contribution is -0.219. The smallest absolute Gasteiger partial charge is 0.327 e. The minimum Gasteiger partial charge on any atom is -0.495 e. The topological polar surface area (TPSA) is 190 Å². The van der Waals surface area contributed by atoms with Crippen LogP contribution < -0.4 is 29.9 Å². The third-order valence-corrected chi connectivity index (χ3v) is 16.0. The number of nitrogens with zero attached hydrogens (tertiary/aromatic N) is 5. The van der Waals surface area contributed by atoms with Crippen LogP contribution in [0.5, 0.6) is 11.5 Å². The van der Waals surface area contributed by atoms with Crippen molar-refractivity contribution in [3.05, 3.63) is 76.6 Å². The molecule has 5 aliphatic rings. The average molecular weight is 953 g/mol. The number of carbonyl (C=O) groups excluding carboxylic acids is 3. The lowest BCUT2D eigenvalue weighted by Crippen LogP contribution is -2.69. The Balaban J connectivity index is 0.000000205. The number of amides is 2. The number of ketones is 2. The van der Waals surface area contributed by atoms with Crippen molar-refractivity contribution in [2.75, 3.05) is 81.0 Å². The van der Waals surface area contributed by atoms with E-state index in [1.807, 2.05) is 12.1 Å². The predicted molar refractivity (Wildman–Crippen MR) is 253 cm³/mol. The zero-order chi connectivity index (χ0) is 47.9. The van der Waals surface area contributed by atoms with Crippen molar-refractivity contribution in [1.82, 2.24) is 14.9 Å². The maximum Gasteiger partial charge on any atom is 0.327 e. The van der Waals surface area contributed by atoms with E-state index in [-0.39, 0.29) is 33.9 Å². The van der Waals surface area contributed by atoms with E-state index in [0.717, 1.165) is 38.4 Å². The normalized spacial score (nSPS) is 30.2. The number of hydrogen-bond acceptors (Lipinski definition) is 13. The Morgan fingerprint density at radius 1 is 1.02 bits per heavy atom. The second-order valence-electron chi connectivity index (χ2n) is 18.4. The molecule has 18 heteroatoms. The van der Waals surface area contributed by atoms with Gasteiger partial charge in [-0.2, -0.15) is 0 Å². The Morgan fingerprint density at radius 2 is 1.67 bits per heavy atom. The van der Waals surface area contributed by atoms with Crippen LogP contribution in [-0.4, -0.2) is 126 Å². The van der Waals surface area contributed by atoms with Crippen LogP contribution in [0, 0.1) is 28.6 Å². The number of rotatable bonds is 10. The quantitative estimate of drug-likeness (QED) is 0.137. The van der Waals surface area contributed by atoms with E-state index in [1.54, 1.807) is 46.0 Å². The lowest BCUT2D eigenvalue weighted by Gasteiger charge is -2.62. The van der Waals surface area contributed by atoms with Gasteiger partial charge in [0.25, 0.3) is 0 Å². The van der Waals surface area contributed by atoms with Gasteiger partial charge in [0.1, 0.15) is 51.7 Å². The summed E-state index contributed by atoms with van der Waals surface area (Å²) < 4.78 is 27.4. The molecule has 66 heavy (non-hydrogen) atoms. The molecule has 3 saturated carbocycles. The number of alkyl halides is 1. The van der Waals surface area contributed by atoms with Gasteiger partial charge in [0.05, 0.1) is 26.0 Å². The molecular formula is C48H60Cl2FN7O8. The number of methoxy groups -OCH3 is 2. The number of carbonyl (C=O) groups is 3. The molecule has 1 saturated heterocycles. The molecule has 2 aromatic carbocycles. The second-order valence-corrected chi connectivity index (χ2v) is 19.1. The zero-order valence-corrected chi connectivity index (χ0v) is 39.9. The van der Waals surface area contributed by atoms with Gasteiger partial charge in [-0.1, -0.05) is 55.6 Å². The average Bonchev–Trinajstić information content (AvgIpc) is 3.52. The van der Waals surface area contributed by atoms with Crippen LogP contribution in [0.25, 0.3) is 0 Å². The highest BCUT2D eigenvalue weighted by molar-refractivity contribution is 6.41. The van der Waals surface area contributed by atoms with Crippen LogP contribution in [-0.2, 0) is 9.59 Å². The first kappa shape index (κ1) is 49.1. The van der Waals surface area contributed by atoms with Crippen LogP contribution in [0.4, 0.5) is 37.9 Å². The monoisotopic (exact) mass is 951 g/mol. The van der Waals surface area contributed by atoms with Gasteiger partial charge in [0, 0.05) is 73.5 Å². The Labute approximate surface area is 395 Å². The van der Waals surface area contributed by atoms with E-state index >= 15 is 4.39 Å². The van der Waals surface area contributed by atoms with Crippen LogP contribution in [0.2, 0.25) is 10.0 Å². The number of urea groups is 1. The number of piperazine rings is 1. The highest BCUT2D eigenvalue weighted by atomic mass is 35.5. The molecule has 2 heterocycles. The molecule has 4 fully saturated rings. The number of aromatic nitrogens is 2. The van der Waals surface area contributed by atoms with E-state index in [9.17, 15) is 29.7 Å². The number of aliphatic hydroxyl groups excluding tert-OH is 2. The molecule has 1 aromatic heterocycles. The van der Waals surface area contributed by atoms with Crippen LogP contribution in [0.1, 0.15) is 53.4 Å². The summed E-state index contributed by atoms with van der Waals surface area (Å²) in [6.07, 6.45) is 5.83. The van der Waals surface area contributed by atoms with Crippen molar-refractivity contribution in [1.29, 1.82) is 0 Å². The van der Waals surface area contributed by atoms with Gasteiger partial charge in [-0.25, -0.2) is 19.2 Å². The molecular weight excluding hydrogens is 892 g/mol. The van der Waals surface area contributed by atoms with Gasteiger partial charge in [-0.05, 0) is 87.4 Å². The number of ether oxygens (including phenoxy) is 2. The minimum absolute atomic E-state index is 0.0676. The number of halogens is 3. The molecule has 5 N–H and O–H groups in total. The molecule has 0 unspecified atom stereocenters. The SMILES string of the molecule is CCN1CCN(c2ccc(Nc3cc(N(C)C(=O)Nc4c(Cl)c(OC)cc(OC)c4Cl)ncn3)cc2)CC1.C[C@@H]1C[C@H]2[C@@H]3CCC4=CC(=O)C=C[C@]4(C)[C@@]3(F)[C@@H](O)C[C@]2(C)[C@@]1(O)C(=O)CO. The van der Waals surface area contributed by atoms with Crippen molar-refractivity contribution < 1.29 is 43.6 Å². The molecule has 0 spiro atoms. The fourth-order valence-corrected chi connectivity index (χ4v) is 12.0. The number of hydrogen-bond donors (Lipinski definition) is 5. The van der Waals surface area contributed by atoms with Crippen LogP contribution >= 0.6 is 23.2 Å². The first-order valence-corrected chi connectivity index (χ1v) is 23.1. The van der Waals surface area contributed by atoms with Crippen LogP contribution in [0.3, 0.4) is 0 Å². The number of nitrogens with one attached hydrogen (secondary N) is 2. The first-order chi connectivity index (χ1) is 31.3. The Kier molecular flexibility index (Phi) is 14.2. The largest absolute Gasteiger partial charge is 0.495 e. The molecule has 0 radical (unpaired) electrons. The van der Waals surface area contributed by atoms with Crippen molar-refractivity contribution in [2.24, 2.45) is 28.6 Å². The molecule has 1 aliphatic heterocycles. The van der Waals surface area contributed by atoms with E-state index in [0.29, 0.717) is 48.0 Å². The van der Waals surface area contributed by atoms with E-state index in [1.165, 1.54) is 43.3 Å². The summed E-state index contributed by atoms with van der Waals surface area (Å²) in [4.78, 5) is 52.1. The standard InChI is InChI=1S/C26H31Cl2N7O3.C22H29FO5/c1-5-34-10-12-35(13-11-34)18-8-6-17(7-9-18)31-21-15-22(30-16-29-21)33(2)26(36)32-25-23(27)19(37-3)14-20(38-4)24(25)28;1-12-8-16-15-5-4-13-9-14(25)6-7-19(13,2)21(15,23)17(26)10-20(16,3)22(12,28)18(27)11-24/h6-9,14-16H,5,10-13H2,1-4H3,(H,32,36)(H,29,30,31);6-7,9,12,15-17,24,26,28H,4-5,8,10-11H2,1-3H3/t;12-,15+,16+,17+,19+,20+,21+,22+/m.1/s1. The van der Waals surface area contributed by atoms with Crippen molar-refractivity contribution in [3.8, 4) is 11.5 Å². The highest BCUT2D eigenvalue weighted by Gasteiger charge is 2.75. The van der Waals surface area contributed by atoms with Gasteiger partial charge in [-0.3, -0.25) is 14.5 Å². The number of fused-ring (bicyclic) bond motifs is 5.